The zero-order chi connectivity index (χ0) is 6.69. The Morgan fingerprint density at radius 2 is 2.33 bits per heavy atom. The van der Waals surface area contributed by atoms with Crippen molar-refractivity contribution >= 4 is 23.2 Å². The fourth-order valence-corrected chi connectivity index (χ4v) is 1.02. The normalized spacial score (nSPS) is 10.0. The first kappa shape index (κ1) is 6.90. The second-order valence-electron chi connectivity index (χ2n) is 1.57. The summed E-state index contributed by atoms with van der Waals surface area (Å²) in [5.41, 5.74) is 0. The molecule has 9 heavy (non-hydrogen) atoms. The molecule has 0 radical (unpaired) electrons. The summed E-state index contributed by atoms with van der Waals surface area (Å²) in [4.78, 5) is 3.95. The third-order valence-corrected chi connectivity index (χ3v) is 1.55. The van der Waals surface area contributed by atoms with E-state index in [1.165, 1.54) is 0 Å². The molecule has 0 N–H and O–H groups in total. The van der Waals surface area contributed by atoms with Crippen LogP contribution in [0.15, 0.2) is 12.4 Å². The maximum atomic E-state index is 5.52. The summed E-state index contributed by atoms with van der Waals surface area (Å²) in [5, 5.41) is 0. The van der Waals surface area contributed by atoms with E-state index < -0.39 is 0 Å². The van der Waals surface area contributed by atoms with Gasteiger partial charge in [0.05, 0.1) is 11.9 Å². The van der Waals surface area contributed by atoms with Gasteiger partial charge in [0.1, 0.15) is 5.82 Å². The Morgan fingerprint density at radius 3 is 2.78 bits per heavy atom. The second-order valence-corrected chi connectivity index (χ2v) is 2.07. The van der Waals surface area contributed by atoms with Crippen LogP contribution in [0.25, 0.3) is 0 Å². The van der Waals surface area contributed by atoms with E-state index in [1.54, 1.807) is 17.0 Å². The smallest absolute Gasteiger partial charge is 0.124 e. The van der Waals surface area contributed by atoms with Crippen molar-refractivity contribution in [3.05, 3.63) is 18.2 Å². The van der Waals surface area contributed by atoms with Crippen LogP contribution in [0.1, 0.15) is 5.82 Å². The van der Waals surface area contributed by atoms with E-state index in [0.29, 0.717) is 11.9 Å². The molecule has 0 unspecified atom stereocenters. The minimum Gasteiger partial charge on any atom is -0.320 e. The van der Waals surface area contributed by atoms with Gasteiger partial charge < -0.3 is 4.57 Å². The van der Waals surface area contributed by atoms with Gasteiger partial charge in [-0.2, -0.15) is 0 Å². The van der Waals surface area contributed by atoms with Crippen molar-refractivity contribution in [3.8, 4) is 0 Å². The topological polar surface area (TPSA) is 17.8 Å². The van der Waals surface area contributed by atoms with E-state index in [0.717, 1.165) is 5.82 Å². The highest BCUT2D eigenvalue weighted by molar-refractivity contribution is 6.17. The molecule has 4 heteroatoms. The van der Waals surface area contributed by atoms with Crippen molar-refractivity contribution in [2.24, 2.45) is 0 Å². The predicted molar refractivity (Wildman–Crippen MR) is 37.6 cm³/mol. The summed E-state index contributed by atoms with van der Waals surface area (Å²) in [5.74, 6) is 1.23. The number of aromatic nitrogens is 2. The van der Waals surface area contributed by atoms with Crippen LogP contribution >= 0.6 is 23.2 Å². The maximum absolute atomic E-state index is 5.52. The predicted octanol–water partition coefficient (Wildman–Crippen LogP) is 1.82. The largest absolute Gasteiger partial charge is 0.320 e. The van der Waals surface area contributed by atoms with Crippen molar-refractivity contribution < 1.29 is 0 Å². The molecule has 50 valence electrons. The fraction of sp³-hybridized carbons (Fsp3) is 0.400. The first-order valence-electron chi connectivity index (χ1n) is 2.50. The molecule has 0 saturated carbocycles. The molecule has 0 atom stereocenters. The van der Waals surface area contributed by atoms with Gasteiger partial charge in [-0.3, -0.25) is 0 Å². The Morgan fingerprint density at radius 1 is 1.56 bits per heavy atom. The van der Waals surface area contributed by atoms with Crippen LogP contribution in [-0.4, -0.2) is 9.55 Å². The lowest BCUT2D eigenvalue weighted by atomic mass is 10.7. The van der Waals surface area contributed by atoms with Crippen LogP contribution in [0.2, 0.25) is 0 Å². The number of hydrogen-bond donors (Lipinski definition) is 0. The van der Waals surface area contributed by atoms with E-state index in [1.807, 2.05) is 0 Å². The van der Waals surface area contributed by atoms with Gasteiger partial charge in [0.2, 0.25) is 0 Å². The van der Waals surface area contributed by atoms with E-state index in [-0.39, 0.29) is 0 Å². The van der Waals surface area contributed by atoms with Gasteiger partial charge in [-0.05, 0) is 0 Å². The van der Waals surface area contributed by atoms with Crippen LogP contribution in [0.4, 0.5) is 0 Å². The third kappa shape index (κ3) is 1.37. The highest BCUT2D eigenvalue weighted by atomic mass is 35.5. The molecule has 0 amide bonds. The molecule has 0 aliphatic rings. The van der Waals surface area contributed by atoms with Gasteiger partial charge in [0, 0.05) is 12.4 Å². The lowest BCUT2D eigenvalue weighted by Gasteiger charge is -1.96. The molecule has 1 aromatic rings. The third-order valence-electron chi connectivity index (χ3n) is 1.05. The Kier molecular flexibility index (Phi) is 2.37. The molecule has 2 nitrogen and oxygen atoms in total. The van der Waals surface area contributed by atoms with E-state index >= 15 is 0 Å². The zero-order valence-corrected chi connectivity index (χ0v) is 6.23. The van der Waals surface area contributed by atoms with Crippen LogP contribution in [-0.2, 0) is 11.9 Å². The number of rotatable bonds is 2. The Labute approximate surface area is 63.4 Å². The van der Waals surface area contributed by atoms with E-state index in [4.69, 9.17) is 23.2 Å². The molecule has 1 rings (SSSR count). The average Bonchev–Trinajstić information content (AvgIpc) is 2.33. The first-order valence-corrected chi connectivity index (χ1v) is 3.57. The Balaban J connectivity index is 2.85. The second kappa shape index (κ2) is 3.08. The SMILES string of the molecule is ClCc1nccn1CCl. The number of alkyl halides is 2. The summed E-state index contributed by atoms with van der Waals surface area (Å²) in [6, 6.07) is 0.419. The van der Waals surface area contributed by atoms with Crippen LogP contribution in [0.3, 0.4) is 0 Å². The molecule has 0 saturated heterocycles. The van der Waals surface area contributed by atoms with Crippen molar-refractivity contribution in [2.75, 3.05) is 0 Å². The van der Waals surface area contributed by atoms with Crippen molar-refractivity contribution in [2.45, 2.75) is 11.9 Å². The van der Waals surface area contributed by atoms with Gasteiger partial charge >= 0.3 is 0 Å². The molecule has 0 fully saturated rings. The maximum Gasteiger partial charge on any atom is 0.124 e. The molecule has 1 aromatic heterocycles. The van der Waals surface area contributed by atoms with Crippen molar-refractivity contribution in [1.29, 1.82) is 0 Å². The van der Waals surface area contributed by atoms with Gasteiger partial charge in [0.15, 0.2) is 0 Å². The number of hydrogen-bond acceptors (Lipinski definition) is 1. The van der Waals surface area contributed by atoms with Crippen LogP contribution in [0, 0.1) is 0 Å². The average molecular weight is 165 g/mol. The number of nitrogens with zero attached hydrogens (tertiary/aromatic N) is 2. The highest BCUT2D eigenvalue weighted by Gasteiger charge is 1.96. The first-order chi connectivity index (χ1) is 4.38. The molecule has 0 bridgehead atoms. The summed E-state index contributed by atoms with van der Waals surface area (Å²) in [6.45, 7) is 0. The number of halogens is 2. The fourth-order valence-electron chi connectivity index (χ4n) is 0.580. The minimum atomic E-state index is 0.416. The van der Waals surface area contributed by atoms with Crippen molar-refractivity contribution in [3.63, 3.8) is 0 Å². The van der Waals surface area contributed by atoms with E-state index in [9.17, 15) is 0 Å². The summed E-state index contributed by atoms with van der Waals surface area (Å²) in [7, 11) is 0. The molecule has 0 aromatic carbocycles. The van der Waals surface area contributed by atoms with Crippen LogP contribution in [0.5, 0.6) is 0 Å². The Bertz CT molecular complexity index is 166. The highest BCUT2D eigenvalue weighted by Crippen LogP contribution is 2.01. The summed E-state index contributed by atoms with van der Waals surface area (Å²) < 4.78 is 1.79. The molecule has 0 spiro atoms. The quantitative estimate of drug-likeness (QED) is 0.611. The van der Waals surface area contributed by atoms with Gasteiger partial charge in [-0.15, -0.1) is 23.2 Å². The number of imidazole rings is 1. The zero-order valence-electron chi connectivity index (χ0n) is 4.72. The van der Waals surface area contributed by atoms with Gasteiger partial charge in [-0.1, -0.05) is 0 Å². The van der Waals surface area contributed by atoms with Crippen LogP contribution < -0.4 is 0 Å². The van der Waals surface area contributed by atoms with Gasteiger partial charge in [-0.25, -0.2) is 4.98 Å². The van der Waals surface area contributed by atoms with E-state index in [2.05, 4.69) is 4.98 Å². The lowest BCUT2D eigenvalue weighted by Crippen LogP contribution is -1.95. The monoisotopic (exact) mass is 164 g/mol. The summed E-state index contributed by atoms with van der Waals surface area (Å²) in [6.07, 6.45) is 3.48. The molecule has 0 aliphatic heterocycles. The minimum absolute atomic E-state index is 0.416. The molecule has 0 aliphatic carbocycles. The summed E-state index contributed by atoms with van der Waals surface area (Å²) >= 11 is 11.0. The van der Waals surface area contributed by atoms with Gasteiger partial charge in [0.25, 0.3) is 0 Å². The molecular weight excluding hydrogens is 159 g/mol. The standard InChI is InChI=1S/C5H6Cl2N2/c6-3-5-8-1-2-9(5)4-7/h1-2H,3-4H2. The Hall–Kier alpha value is -0.210. The molecular formula is C5H6Cl2N2. The lowest BCUT2D eigenvalue weighted by molar-refractivity contribution is 0.821. The molecule has 1 heterocycles. The van der Waals surface area contributed by atoms with Crippen molar-refractivity contribution in [1.82, 2.24) is 9.55 Å².